The van der Waals surface area contributed by atoms with E-state index in [0.717, 1.165) is 0 Å². The average molecular weight is 234 g/mol. The Balaban J connectivity index is 2.26. The number of aryl methyl sites for hydroxylation is 1. The molecule has 0 amide bonds. The summed E-state index contributed by atoms with van der Waals surface area (Å²) in [6.45, 7) is 1.79. The first kappa shape index (κ1) is 11.1. The standard InChI is InChI=1S/C10H10N4O3/c1-6-5-9(12-10(11-6)16-2)17-8-4-3-7(15)13-14-8/h3-5H,1-2H3,(H,13,15). The normalized spacial score (nSPS) is 10.0. The summed E-state index contributed by atoms with van der Waals surface area (Å²) in [5, 5.41) is 5.96. The maximum absolute atomic E-state index is 10.8. The molecule has 2 aromatic rings. The van der Waals surface area contributed by atoms with Crippen LogP contribution in [0.15, 0.2) is 23.0 Å². The second-order valence-corrected chi connectivity index (χ2v) is 3.20. The first-order valence-corrected chi connectivity index (χ1v) is 4.80. The zero-order valence-corrected chi connectivity index (χ0v) is 9.30. The van der Waals surface area contributed by atoms with E-state index >= 15 is 0 Å². The zero-order chi connectivity index (χ0) is 12.3. The summed E-state index contributed by atoms with van der Waals surface area (Å²) in [5.41, 5.74) is 0.407. The van der Waals surface area contributed by atoms with Gasteiger partial charge in [0.15, 0.2) is 0 Å². The molecule has 0 aliphatic heterocycles. The van der Waals surface area contributed by atoms with E-state index in [4.69, 9.17) is 9.47 Å². The molecule has 0 aliphatic carbocycles. The van der Waals surface area contributed by atoms with Crippen LogP contribution in [0.2, 0.25) is 0 Å². The van der Waals surface area contributed by atoms with Crippen molar-refractivity contribution in [3.8, 4) is 17.8 Å². The van der Waals surface area contributed by atoms with Crippen LogP contribution in [-0.2, 0) is 0 Å². The van der Waals surface area contributed by atoms with Crippen LogP contribution in [0, 0.1) is 6.92 Å². The topological polar surface area (TPSA) is 90.0 Å². The van der Waals surface area contributed by atoms with Gasteiger partial charge in [-0.1, -0.05) is 0 Å². The van der Waals surface area contributed by atoms with Crippen molar-refractivity contribution >= 4 is 0 Å². The number of rotatable bonds is 3. The number of aromatic amines is 1. The van der Waals surface area contributed by atoms with Crippen molar-refractivity contribution in [3.63, 3.8) is 0 Å². The van der Waals surface area contributed by atoms with E-state index in [2.05, 4.69) is 20.2 Å². The van der Waals surface area contributed by atoms with Gasteiger partial charge in [0.25, 0.3) is 5.56 Å². The third-order valence-electron chi connectivity index (χ3n) is 1.86. The molecule has 17 heavy (non-hydrogen) atoms. The lowest BCUT2D eigenvalue weighted by Gasteiger charge is -2.05. The van der Waals surface area contributed by atoms with Crippen LogP contribution in [-0.4, -0.2) is 27.3 Å². The first-order valence-electron chi connectivity index (χ1n) is 4.80. The predicted octanol–water partition coefficient (Wildman–Crippen LogP) is 0.669. The Morgan fingerprint density at radius 1 is 1.24 bits per heavy atom. The molecule has 7 nitrogen and oxygen atoms in total. The van der Waals surface area contributed by atoms with Gasteiger partial charge in [0.2, 0.25) is 11.8 Å². The summed E-state index contributed by atoms with van der Waals surface area (Å²) in [4.78, 5) is 18.8. The summed E-state index contributed by atoms with van der Waals surface area (Å²) in [6.07, 6.45) is 0. The highest BCUT2D eigenvalue weighted by atomic mass is 16.5. The summed E-state index contributed by atoms with van der Waals surface area (Å²) < 4.78 is 10.3. The molecule has 0 saturated heterocycles. The number of aromatic nitrogens is 4. The monoisotopic (exact) mass is 234 g/mol. The van der Waals surface area contributed by atoms with Crippen LogP contribution >= 0.6 is 0 Å². The highest BCUT2D eigenvalue weighted by molar-refractivity contribution is 5.22. The van der Waals surface area contributed by atoms with Crippen molar-refractivity contribution in [3.05, 3.63) is 34.2 Å². The van der Waals surface area contributed by atoms with Crippen molar-refractivity contribution in [2.75, 3.05) is 7.11 Å². The van der Waals surface area contributed by atoms with E-state index in [-0.39, 0.29) is 17.4 Å². The highest BCUT2D eigenvalue weighted by Crippen LogP contribution is 2.18. The van der Waals surface area contributed by atoms with E-state index in [1.165, 1.54) is 19.2 Å². The Bertz CT molecular complexity index is 562. The van der Waals surface area contributed by atoms with Crippen molar-refractivity contribution in [2.45, 2.75) is 6.92 Å². The lowest BCUT2D eigenvalue weighted by molar-refractivity contribution is 0.362. The van der Waals surface area contributed by atoms with Gasteiger partial charge in [0.05, 0.1) is 7.11 Å². The number of hydrogen-bond donors (Lipinski definition) is 1. The third-order valence-corrected chi connectivity index (χ3v) is 1.86. The summed E-state index contributed by atoms with van der Waals surface area (Å²) in [6, 6.07) is 4.61. The van der Waals surface area contributed by atoms with Crippen molar-refractivity contribution in [1.82, 2.24) is 20.2 Å². The minimum atomic E-state index is -0.297. The van der Waals surface area contributed by atoms with Gasteiger partial charge in [-0.2, -0.15) is 4.98 Å². The van der Waals surface area contributed by atoms with Crippen LogP contribution < -0.4 is 15.0 Å². The van der Waals surface area contributed by atoms with Gasteiger partial charge in [-0.25, -0.2) is 10.1 Å². The second-order valence-electron chi connectivity index (χ2n) is 3.20. The van der Waals surface area contributed by atoms with E-state index in [9.17, 15) is 4.79 Å². The first-order chi connectivity index (χ1) is 8.17. The van der Waals surface area contributed by atoms with Gasteiger partial charge in [0, 0.05) is 23.9 Å². The largest absolute Gasteiger partial charge is 0.467 e. The van der Waals surface area contributed by atoms with Crippen LogP contribution in [0.4, 0.5) is 0 Å². The molecule has 2 aromatic heterocycles. The van der Waals surface area contributed by atoms with Crippen LogP contribution in [0.25, 0.3) is 0 Å². The molecule has 0 bridgehead atoms. The number of H-pyrrole nitrogens is 1. The minimum absolute atomic E-state index is 0.212. The van der Waals surface area contributed by atoms with E-state index in [1.54, 1.807) is 13.0 Å². The summed E-state index contributed by atoms with van der Waals surface area (Å²) >= 11 is 0. The predicted molar refractivity (Wildman–Crippen MR) is 58.3 cm³/mol. The number of ether oxygens (including phenoxy) is 2. The van der Waals surface area contributed by atoms with Gasteiger partial charge in [-0.3, -0.25) is 4.79 Å². The van der Waals surface area contributed by atoms with Crippen LogP contribution in [0.5, 0.6) is 17.8 Å². The molecule has 0 aliphatic rings. The molecular weight excluding hydrogens is 224 g/mol. The van der Waals surface area contributed by atoms with Gasteiger partial charge in [0.1, 0.15) is 0 Å². The molecule has 0 atom stereocenters. The van der Waals surface area contributed by atoms with Gasteiger partial charge >= 0.3 is 6.01 Å². The molecular formula is C10H10N4O3. The minimum Gasteiger partial charge on any atom is -0.467 e. The molecule has 0 saturated carbocycles. The molecule has 0 unspecified atom stereocenters. The lowest BCUT2D eigenvalue weighted by atomic mass is 10.4. The van der Waals surface area contributed by atoms with E-state index < -0.39 is 0 Å². The highest BCUT2D eigenvalue weighted by Gasteiger charge is 2.05. The Labute approximate surface area is 96.5 Å². The molecule has 0 aromatic carbocycles. The van der Waals surface area contributed by atoms with Gasteiger partial charge in [-0.05, 0) is 6.92 Å². The van der Waals surface area contributed by atoms with E-state index in [1.807, 2.05) is 0 Å². The molecule has 0 radical (unpaired) electrons. The lowest BCUT2D eigenvalue weighted by Crippen LogP contribution is -2.06. The van der Waals surface area contributed by atoms with Crippen molar-refractivity contribution in [1.29, 1.82) is 0 Å². The molecule has 0 spiro atoms. The number of nitrogens with one attached hydrogen (secondary N) is 1. The molecule has 2 heterocycles. The van der Waals surface area contributed by atoms with Crippen LogP contribution in [0.3, 0.4) is 0 Å². The Morgan fingerprint density at radius 2 is 2.06 bits per heavy atom. The Morgan fingerprint density at radius 3 is 2.71 bits per heavy atom. The molecule has 1 N–H and O–H groups in total. The molecule has 0 fully saturated rings. The Kier molecular flexibility index (Phi) is 2.99. The fraction of sp³-hybridized carbons (Fsp3) is 0.200. The second kappa shape index (κ2) is 4.60. The average Bonchev–Trinajstić information content (AvgIpc) is 2.31. The number of nitrogens with zero attached hydrogens (tertiary/aromatic N) is 3. The fourth-order valence-corrected chi connectivity index (χ4v) is 1.15. The Hall–Kier alpha value is -2.44. The summed E-state index contributed by atoms with van der Waals surface area (Å²) in [5.74, 6) is 0.540. The van der Waals surface area contributed by atoms with E-state index in [0.29, 0.717) is 11.6 Å². The van der Waals surface area contributed by atoms with Crippen molar-refractivity contribution in [2.24, 2.45) is 0 Å². The number of hydrogen-bond acceptors (Lipinski definition) is 6. The fourth-order valence-electron chi connectivity index (χ4n) is 1.15. The molecule has 7 heteroatoms. The maximum Gasteiger partial charge on any atom is 0.319 e. The molecule has 88 valence electrons. The quantitative estimate of drug-likeness (QED) is 0.839. The zero-order valence-electron chi connectivity index (χ0n) is 9.30. The maximum atomic E-state index is 10.8. The SMILES string of the molecule is COc1nc(C)cc(Oc2ccc(=O)[nH]n2)n1. The smallest absolute Gasteiger partial charge is 0.319 e. The van der Waals surface area contributed by atoms with Gasteiger partial charge in [-0.15, -0.1) is 5.10 Å². The van der Waals surface area contributed by atoms with Gasteiger partial charge < -0.3 is 9.47 Å². The number of methoxy groups -OCH3 is 1. The van der Waals surface area contributed by atoms with Crippen LogP contribution in [0.1, 0.15) is 5.69 Å². The van der Waals surface area contributed by atoms with Crippen molar-refractivity contribution < 1.29 is 9.47 Å². The summed E-state index contributed by atoms with van der Waals surface area (Å²) in [7, 11) is 1.47. The molecule has 2 rings (SSSR count). The third kappa shape index (κ3) is 2.77.